The molecule has 0 spiro atoms. The molecule has 2 heterocycles. The van der Waals surface area contributed by atoms with Gasteiger partial charge in [-0.25, -0.2) is 0 Å². The van der Waals surface area contributed by atoms with E-state index in [1.54, 1.807) is 14.2 Å². The standard InChI is InChI=1S/C46H44N2O3/c1-49-41-21-11-34(12-22-41)32-48(33-35-13-23-42(50-2)24-14-35)39-18-16-38(17-19-39)46(37-9-5-3-6-10-37)28-27-44-43-25-20-40(47-29-7-4-8-30-47)31-36(43)15-26-45(44)51-46/h3,5-6,9-28,31H,4,7-8,29-30,32-33H2,1-2H3. The van der Waals surface area contributed by atoms with Crippen LogP contribution in [0.2, 0.25) is 0 Å². The molecule has 6 aromatic carbocycles. The second-order valence-electron chi connectivity index (χ2n) is 13.6. The number of anilines is 2. The van der Waals surface area contributed by atoms with Gasteiger partial charge in [-0.05, 0) is 108 Å². The molecule has 256 valence electrons. The lowest BCUT2D eigenvalue weighted by Gasteiger charge is -2.37. The Morgan fingerprint density at radius 2 is 1.27 bits per heavy atom. The molecule has 0 N–H and O–H groups in total. The van der Waals surface area contributed by atoms with E-state index in [2.05, 4.69) is 131 Å². The first kappa shape index (κ1) is 32.5. The predicted molar refractivity (Wildman–Crippen MR) is 209 cm³/mol. The molecule has 0 aliphatic carbocycles. The molecular weight excluding hydrogens is 629 g/mol. The van der Waals surface area contributed by atoms with E-state index in [-0.39, 0.29) is 0 Å². The molecule has 2 aliphatic rings. The van der Waals surface area contributed by atoms with Crippen LogP contribution in [0, 0.1) is 0 Å². The third kappa shape index (κ3) is 6.64. The Morgan fingerprint density at radius 3 is 1.90 bits per heavy atom. The molecule has 5 heteroatoms. The number of nitrogens with zero attached hydrogens (tertiary/aromatic N) is 2. The van der Waals surface area contributed by atoms with Crippen LogP contribution in [0.4, 0.5) is 11.4 Å². The van der Waals surface area contributed by atoms with E-state index in [9.17, 15) is 0 Å². The number of methoxy groups -OCH3 is 2. The van der Waals surface area contributed by atoms with E-state index in [4.69, 9.17) is 14.2 Å². The van der Waals surface area contributed by atoms with Gasteiger partial charge in [0.25, 0.3) is 0 Å². The van der Waals surface area contributed by atoms with Gasteiger partial charge in [0.1, 0.15) is 17.2 Å². The maximum Gasteiger partial charge on any atom is 0.178 e. The van der Waals surface area contributed by atoms with Gasteiger partial charge >= 0.3 is 0 Å². The number of rotatable bonds is 10. The van der Waals surface area contributed by atoms with Crippen LogP contribution in [-0.2, 0) is 18.7 Å². The van der Waals surface area contributed by atoms with Crippen molar-refractivity contribution in [2.75, 3.05) is 37.1 Å². The molecule has 6 aromatic rings. The van der Waals surface area contributed by atoms with Crippen molar-refractivity contribution in [1.82, 2.24) is 0 Å². The van der Waals surface area contributed by atoms with Gasteiger partial charge in [0.2, 0.25) is 0 Å². The lowest BCUT2D eigenvalue weighted by Crippen LogP contribution is -2.34. The van der Waals surface area contributed by atoms with E-state index in [1.165, 1.54) is 46.8 Å². The van der Waals surface area contributed by atoms with E-state index in [1.807, 2.05) is 24.3 Å². The van der Waals surface area contributed by atoms with Crippen molar-refractivity contribution >= 4 is 28.2 Å². The average Bonchev–Trinajstić information content (AvgIpc) is 3.21. The summed E-state index contributed by atoms with van der Waals surface area (Å²) in [6.07, 6.45) is 8.37. The molecule has 0 amide bonds. The van der Waals surface area contributed by atoms with Crippen molar-refractivity contribution < 1.29 is 14.2 Å². The zero-order valence-corrected chi connectivity index (χ0v) is 29.4. The maximum atomic E-state index is 7.15. The Bertz CT molecular complexity index is 2070. The molecule has 5 nitrogen and oxygen atoms in total. The summed E-state index contributed by atoms with van der Waals surface area (Å²) in [5.41, 5.74) is 7.39. The summed E-state index contributed by atoms with van der Waals surface area (Å²) in [6.45, 7) is 3.77. The molecule has 51 heavy (non-hydrogen) atoms. The van der Waals surface area contributed by atoms with E-state index < -0.39 is 5.60 Å². The Hall–Kier alpha value is -5.68. The monoisotopic (exact) mass is 672 g/mol. The summed E-state index contributed by atoms with van der Waals surface area (Å²) < 4.78 is 18.0. The molecule has 2 aliphatic heterocycles. The second-order valence-corrected chi connectivity index (χ2v) is 13.6. The number of hydrogen-bond acceptors (Lipinski definition) is 5. The maximum absolute atomic E-state index is 7.15. The van der Waals surface area contributed by atoms with Crippen LogP contribution in [-0.4, -0.2) is 27.3 Å². The Morgan fingerprint density at radius 1 is 0.647 bits per heavy atom. The quantitative estimate of drug-likeness (QED) is 0.145. The minimum atomic E-state index is -0.773. The zero-order chi connectivity index (χ0) is 34.6. The molecule has 1 saturated heterocycles. The summed E-state index contributed by atoms with van der Waals surface area (Å²) in [5, 5.41) is 2.46. The highest BCUT2D eigenvalue weighted by molar-refractivity contribution is 5.96. The van der Waals surface area contributed by atoms with Crippen LogP contribution in [0.15, 0.2) is 140 Å². The fraction of sp³-hybridized carbons (Fsp3) is 0.217. The highest BCUT2D eigenvalue weighted by atomic mass is 16.5. The van der Waals surface area contributed by atoms with Crippen molar-refractivity contribution in [3.05, 3.63) is 167 Å². The summed E-state index contributed by atoms with van der Waals surface area (Å²) in [6, 6.07) is 47.3. The van der Waals surface area contributed by atoms with Crippen molar-refractivity contribution in [3.8, 4) is 17.2 Å². The summed E-state index contributed by atoms with van der Waals surface area (Å²) in [5.74, 6) is 2.60. The molecule has 1 unspecified atom stereocenters. The number of piperidine rings is 1. The topological polar surface area (TPSA) is 34.2 Å². The van der Waals surface area contributed by atoms with Crippen LogP contribution in [0.3, 0.4) is 0 Å². The lowest BCUT2D eigenvalue weighted by atomic mass is 9.83. The van der Waals surface area contributed by atoms with Gasteiger partial charge in [-0.15, -0.1) is 0 Å². The molecule has 0 bridgehead atoms. The molecule has 0 saturated carbocycles. The van der Waals surface area contributed by atoms with Crippen molar-refractivity contribution in [3.63, 3.8) is 0 Å². The average molecular weight is 673 g/mol. The zero-order valence-electron chi connectivity index (χ0n) is 29.4. The Balaban J connectivity index is 1.13. The van der Waals surface area contributed by atoms with Gasteiger partial charge in [0, 0.05) is 54.2 Å². The first-order valence-electron chi connectivity index (χ1n) is 18.0. The van der Waals surface area contributed by atoms with Gasteiger partial charge in [-0.3, -0.25) is 0 Å². The van der Waals surface area contributed by atoms with E-state index in [0.29, 0.717) is 0 Å². The van der Waals surface area contributed by atoms with Gasteiger partial charge in [-0.1, -0.05) is 78.9 Å². The molecule has 1 fully saturated rings. The van der Waals surface area contributed by atoms with Gasteiger partial charge in [0.15, 0.2) is 5.60 Å². The second kappa shape index (κ2) is 14.3. The summed E-state index contributed by atoms with van der Waals surface area (Å²) in [7, 11) is 3.40. The lowest BCUT2D eigenvalue weighted by molar-refractivity contribution is 0.161. The largest absolute Gasteiger partial charge is 0.497 e. The molecule has 0 radical (unpaired) electrons. The Kier molecular flexibility index (Phi) is 9.11. The first-order valence-corrected chi connectivity index (χ1v) is 18.0. The van der Waals surface area contributed by atoms with Crippen LogP contribution >= 0.6 is 0 Å². The third-order valence-corrected chi connectivity index (χ3v) is 10.4. The predicted octanol–water partition coefficient (Wildman–Crippen LogP) is 10.4. The summed E-state index contributed by atoms with van der Waals surface area (Å²) in [4.78, 5) is 4.92. The van der Waals surface area contributed by atoms with Crippen molar-refractivity contribution in [2.45, 2.75) is 38.0 Å². The number of ether oxygens (including phenoxy) is 3. The smallest absolute Gasteiger partial charge is 0.178 e. The van der Waals surface area contributed by atoms with Gasteiger partial charge < -0.3 is 24.0 Å². The minimum absolute atomic E-state index is 0.746. The first-order chi connectivity index (χ1) is 25.1. The minimum Gasteiger partial charge on any atom is -0.497 e. The molecule has 0 aromatic heterocycles. The molecule has 1 atom stereocenters. The SMILES string of the molecule is COc1ccc(CN(Cc2ccc(OC)cc2)c2ccc(C3(c4ccccc4)C=Cc4c(ccc5cc(N6CCCCC6)ccc45)O3)cc2)cc1. The van der Waals surface area contributed by atoms with E-state index >= 15 is 0 Å². The summed E-state index contributed by atoms with van der Waals surface area (Å²) >= 11 is 0. The van der Waals surface area contributed by atoms with Crippen LogP contribution in [0.25, 0.3) is 16.8 Å². The van der Waals surface area contributed by atoms with Crippen LogP contribution < -0.4 is 24.0 Å². The van der Waals surface area contributed by atoms with Crippen molar-refractivity contribution in [1.29, 1.82) is 0 Å². The number of benzene rings is 6. The van der Waals surface area contributed by atoms with Crippen molar-refractivity contribution in [2.24, 2.45) is 0 Å². The highest BCUT2D eigenvalue weighted by Crippen LogP contribution is 2.45. The van der Waals surface area contributed by atoms with Gasteiger partial charge in [0.05, 0.1) is 14.2 Å². The fourth-order valence-corrected chi connectivity index (χ4v) is 7.56. The van der Waals surface area contributed by atoms with Crippen LogP contribution in [0.1, 0.15) is 47.1 Å². The third-order valence-electron chi connectivity index (χ3n) is 10.4. The van der Waals surface area contributed by atoms with Crippen LogP contribution in [0.5, 0.6) is 17.2 Å². The van der Waals surface area contributed by atoms with E-state index in [0.717, 1.165) is 65.8 Å². The fourth-order valence-electron chi connectivity index (χ4n) is 7.56. The number of fused-ring (bicyclic) bond motifs is 3. The molecule has 8 rings (SSSR count). The number of hydrogen-bond donors (Lipinski definition) is 0. The normalized spacial score (nSPS) is 16.7. The molecular formula is C46H44N2O3. The highest BCUT2D eigenvalue weighted by Gasteiger charge is 2.37. The Labute approximate surface area is 301 Å². The van der Waals surface area contributed by atoms with Gasteiger partial charge in [-0.2, -0.15) is 0 Å².